The van der Waals surface area contributed by atoms with Crippen LogP contribution in [0.3, 0.4) is 0 Å². The molecule has 52 heavy (non-hydrogen) atoms. The molecule has 8 rings (SSSR count). The summed E-state index contributed by atoms with van der Waals surface area (Å²) in [4.78, 5) is 59.7. The van der Waals surface area contributed by atoms with Crippen molar-refractivity contribution in [1.29, 1.82) is 0 Å². The number of alkyl halides is 3. The van der Waals surface area contributed by atoms with Gasteiger partial charge in [0.2, 0.25) is 11.8 Å². The smallest absolute Gasteiger partial charge is 0.508 e. The molecule has 0 aromatic heterocycles. The molecule has 11 heteroatoms. The van der Waals surface area contributed by atoms with Crippen LogP contribution in [0.15, 0.2) is 121 Å². The average Bonchev–Trinajstić information content (AvgIpc) is 3.39. The molecule has 2 amide bonds. The van der Waals surface area contributed by atoms with Gasteiger partial charge in [-0.15, -0.1) is 13.2 Å². The number of anilines is 1. The number of hydrogen-bond acceptors (Lipinski definition) is 6. The Bertz CT molecular complexity index is 2200. The lowest BCUT2D eigenvalue weighted by Crippen LogP contribution is -2.58. The molecule has 1 saturated carbocycles. The molecule has 0 radical (unpaired) electrons. The number of amides is 2. The van der Waals surface area contributed by atoms with Crippen molar-refractivity contribution in [3.05, 3.63) is 141 Å². The molecule has 3 aliphatic carbocycles. The highest BCUT2D eigenvalue weighted by Crippen LogP contribution is 2.64. The second kappa shape index (κ2) is 12.6. The van der Waals surface area contributed by atoms with E-state index in [-0.39, 0.29) is 35.7 Å². The van der Waals surface area contributed by atoms with E-state index in [0.29, 0.717) is 22.4 Å². The minimum absolute atomic E-state index is 0.00614. The Labute approximate surface area is 309 Å². The van der Waals surface area contributed by atoms with Crippen LogP contribution in [0.5, 0.6) is 11.5 Å². The zero-order valence-electron chi connectivity index (χ0n) is 27.2. The maximum atomic E-state index is 15.1. The number of hydrogen-bond donors (Lipinski definition) is 1. The molecule has 1 N–H and O–H groups in total. The van der Waals surface area contributed by atoms with Gasteiger partial charge in [0, 0.05) is 26.5 Å². The summed E-state index contributed by atoms with van der Waals surface area (Å²) in [6.07, 6.45) is -1.85. The second-order valence-electron chi connectivity index (χ2n) is 13.5. The number of ketones is 2. The van der Waals surface area contributed by atoms with Crippen LogP contribution in [0.1, 0.15) is 35.4 Å². The number of carbonyl (C=O) groups is 4. The van der Waals surface area contributed by atoms with E-state index < -0.39 is 64.6 Å². The molecular weight excluding hydrogens is 786 g/mol. The Balaban J connectivity index is 1.37. The van der Waals surface area contributed by atoms with E-state index in [0.717, 1.165) is 21.8 Å². The fourth-order valence-electron chi connectivity index (χ4n) is 9.02. The summed E-state index contributed by atoms with van der Waals surface area (Å²) in [5.74, 6) is -7.52. The van der Waals surface area contributed by atoms with E-state index in [4.69, 9.17) is 0 Å². The first-order valence-corrected chi connectivity index (χ1v) is 17.8. The van der Waals surface area contributed by atoms with Crippen molar-refractivity contribution in [1.82, 2.24) is 0 Å². The first kappa shape index (κ1) is 34.1. The molecule has 262 valence electrons. The summed E-state index contributed by atoms with van der Waals surface area (Å²) in [5, 5.41) is 11.5. The maximum Gasteiger partial charge on any atom is 0.573 e. The van der Waals surface area contributed by atoms with Gasteiger partial charge in [-0.05, 0) is 101 Å². The number of nitrogens with zero attached hydrogens (tertiary/aromatic N) is 1. The number of aromatic hydroxyl groups is 1. The molecule has 4 aromatic carbocycles. The Hall–Kier alpha value is -5.04. The number of phenolic OH excluding ortho intramolecular Hbond substituents is 1. The summed E-state index contributed by atoms with van der Waals surface area (Å²) < 4.78 is 45.9. The fraction of sp³-hybridized carbons (Fsp3) is 0.220. The number of rotatable bonds is 5. The molecule has 0 unspecified atom stereocenters. The Morgan fingerprint density at radius 1 is 0.827 bits per heavy atom. The molecule has 1 heterocycles. The number of imide groups is 1. The quantitative estimate of drug-likeness (QED) is 0.125. The van der Waals surface area contributed by atoms with Crippen molar-refractivity contribution in [2.24, 2.45) is 23.7 Å². The molecule has 7 nitrogen and oxygen atoms in total. The van der Waals surface area contributed by atoms with Gasteiger partial charge < -0.3 is 9.84 Å². The Kier molecular flexibility index (Phi) is 8.24. The van der Waals surface area contributed by atoms with Gasteiger partial charge in [0.15, 0.2) is 11.6 Å². The third-order valence-electron chi connectivity index (χ3n) is 11.0. The van der Waals surface area contributed by atoms with E-state index in [1.165, 1.54) is 11.0 Å². The average molecular weight is 816 g/mol. The number of allylic oxidation sites excluding steroid dienone is 4. The number of carbonyl (C=O) groups excluding carboxylic acids is 4. The second-order valence-corrected chi connectivity index (χ2v) is 14.8. The largest absolute Gasteiger partial charge is 0.573 e. The fourth-order valence-corrected chi connectivity index (χ4v) is 9.38. The minimum atomic E-state index is -5.06. The lowest BCUT2D eigenvalue weighted by molar-refractivity contribution is -0.274. The first-order chi connectivity index (χ1) is 24.9. The molecule has 0 bridgehead atoms. The van der Waals surface area contributed by atoms with Crippen molar-refractivity contribution >= 4 is 57.2 Å². The molecule has 4 aliphatic rings. The van der Waals surface area contributed by atoms with Gasteiger partial charge in [-0.25, -0.2) is 0 Å². The van der Waals surface area contributed by atoms with Crippen molar-refractivity contribution < 1.29 is 42.2 Å². The molecule has 2 fully saturated rings. The highest BCUT2D eigenvalue weighted by Gasteiger charge is 2.66. The molecule has 6 atom stereocenters. The van der Waals surface area contributed by atoms with Gasteiger partial charge in [-0.2, -0.15) is 0 Å². The van der Waals surface area contributed by atoms with E-state index in [9.17, 15) is 32.7 Å². The molecule has 4 aromatic rings. The number of fused-ring (bicyclic) bond motifs is 4. The zero-order valence-corrected chi connectivity index (χ0v) is 29.4. The van der Waals surface area contributed by atoms with Crippen molar-refractivity contribution in [3.63, 3.8) is 0 Å². The Morgan fingerprint density at radius 3 is 2.17 bits per heavy atom. The van der Waals surface area contributed by atoms with E-state index in [2.05, 4.69) is 27.3 Å². The number of Topliss-reactive ketones (excluding diaryl/α,β-unsaturated/α-hetero) is 1. The number of ether oxygens (including phenoxy) is 1. The lowest BCUT2D eigenvalue weighted by atomic mass is 9.44. The van der Waals surface area contributed by atoms with Gasteiger partial charge >= 0.3 is 6.36 Å². The number of benzene rings is 4. The van der Waals surface area contributed by atoms with E-state index in [1.807, 2.05) is 0 Å². The summed E-state index contributed by atoms with van der Waals surface area (Å²) in [6, 6.07) is 27.4. The third kappa shape index (κ3) is 5.31. The van der Waals surface area contributed by atoms with Gasteiger partial charge in [0.25, 0.3) is 0 Å². The van der Waals surface area contributed by atoms with Crippen LogP contribution < -0.4 is 9.64 Å². The Morgan fingerprint density at radius 2 is 1.50 bits per heavy atom. The third-order valence-corrected chi connectivity index (χ3v) is 11.7. The standard InChI is InChI=1S/C41H29F3INO6/c42-41(43,44)52-26-15-18-33(47)31(19-26)36-27-16-17-28-35(39(51)46(38(28)50)25-13-11-24(45)12-14-25)30(27)20-32-37(49)29(22-7-3-1-4-8-22)21-34(48)40(32,36)23-9-5-2-6-10-23/h1-16,18-19,21,28,30,32,35-36,47H,17,20H2/t28-,30+,32-,35-,36+,40-/m0/s1. The van der Waals surface area contributed by atoms with Gasteiger partial charge in [0.1, 0.15) is 11.5 Å². The van der Waals surface area contributed by atoms with Crippen molar-refractivity contribution in [2.45, 2.75) is 30.5 Å². The SMILES string of the molecule is O=C1C(c2ccccc2)=CC(=O)[C@@]2(c3ccccc3)[C@@H](c3cc(OC(F)(F)F)ccc3O)C3=CC[C@@H]4C(=O)N(c5ccc(I)cc5)C(=O)[C@@H]4[C@@H]3C[C@@H]12. The van der Waals surface area contributed by atoms with Gasteiger partial charge in [-0.3, -0.25) is 24.1 Å². The molecule has 1 aliphatic heterocycles. The van der Waals surface area contributed by atoms with Crippen LogP contribution in [0.25, 0.3) is 5.57 Å². The monoisotopic (exact) mass is 815 g/mol. The number of phenols is 1. The molecule has 0 spiro atoms. The predicted octanol–water partition coefficient (Wildman–Crippen LogP) is 7.92. The maximum absolute atomic E-state index is 15.1. The first-order valence-electron chi connectivity index (χ1n) is 16.7. The van der Waals surface area contributed by atoms with Gasteiger partial charge in [-0.1, -0.05) is 72.3 Å². The summed E-state index contributed by atoms with van der Waals surface area (Å²) in [6.45, 7) is 0. The van der Waals surface area contributed by atoms with Gasteiger partial charge in [0.05, 0.1) is 22.9 Å². The van der Waals surface area contributed by atoms with Crippen LogP contribution in [0.2, 0.25) is 0 Å². The van der Waals surface area contributed by atoms with Crippen LogP contribution in [0, 0.1) is 27.2 Å². The summed E-state index contributed by atoms with van der Waals surface area (Å²) in [5.41, 5.74) is 0.241. The topological polar surface area (TPSA) is 101 Å². The van der Waals surface area contributed by atoms with Crippen LogP contribution in [0.4, 0.5) is 18.9 Å². The molecular formula is C41H29F3INO6. The zero-order chi connectivity index (χ0) is 36.5. The minimum Gasteiger partial charge on any atom is -0.508 e. The predicted molar refractivity (Wildman–Crippen MR) is 193 cm³/mol. The lowest BCUT2D eigenvalue weighted by Gasteiger charge is -2.55. The van der Waals surface area contributed by atoms with E-state index >= 15 is 4.79 Å². The summed E-state index contributed by atoms with van der Waals surface area (Å²) >= 11 is 2.13. The summed E-state index contributed by atoms with van der Waals surface area (Å²) in [7, 11) is 0. The highest BCUT2D eigenvalue weighted by atomic mass is 127. The van der Waals surface area contributed by atoms with Crippen LogP contribution in [-0.4, -0.2) is 34.8 Å². The van der Waals surface area contributed by atoms with Crippen LogP contribution >= 0.6 is 22.6 Å². The van der Waals surface area contributed by atoms with Crippen molar-refractivity contribution in [2.75, 3.05) is 4.90 Å². The van der Waals surface area contributed by atoms with E-state index in [1.54, 1.807) is 91.0 Å². The highest BCUT2D eigenvalue weighted by molar-refractivity contribution is 14.1. The number of halogens is 4. The van der Waals surface area contributed by atoms with Crippen molar-refractivity contribution in [3.8, 4) is 11.5 Å². The van der Waals surface area contributed by atoms with Crippen LogP contribution in [-0.2, 0) is 24.6 Å². The molecule has 1 saturated heterocycles. The normalized spacial score (nSPS) is 27.0.